The fraction of sp³-hybridized carbons (Fsp3) is 0.308. The third-order valence-corrected chi connectivity index (χ3v) is 5.50. The molecule has 0 unspecified atom stereocenters. The molecule has 1 amide bonds. The van der Waals surface area contributed by atoms with E-state index in [1.54, 1.807) is 0 Å². The van der Waals surface area contributed by atoms with Gasteiger partial charge in [0.15, 0.2) is 8.29 Å². The molecule has 8 heteroatoms. The van der Waals surface area contributed by atoms with Crippen molar-refractivity contribution in [2.24, 2.45) is 0 Å². The van der Waals surface area contributed by atoms with Crippen molar-refractivity contribution >= 4 is 52.6 Å². The van der Waals surface area contributed by atoms with Crippen molar-refractivity contribution in [2.45, 2.75) is 4.34 Å². The summed E-state index contributed by atoms with van der Waals surface area (Å²) >= 11 is 7.81. The zero-order valence-corrected chi connectivity index (χ0v) is 13.9. The van der Waals surface area contributed by atoms with Crippen LogP contribution in [0.4, 0.5) is 11.4 Å². The number of thioether (sulfide) groups is 1. The summed E-state index contributed by atoms with van der Waals surface area (Å²) in [6, 6.07) is 7.99. The van der Waals surface area contributed by atoms with Crippen molar-refractivity contribution < 1.29 is 4.79 Å². The molecule has 0 radical (unpaired) electrons. The molecule has 2 aromatic rings. The smallest absolute Gasteiger partial charge is 0.237 e. The Morgan fingerprint density at radius 3 is 2.90 bits per heavy atom. The summed E-state index contributed by atoms with van der Waals surface area (Å²) in [6.07, 6.45) is 0. The van der Waals surface area contributed by atoms with Gasteiger partial charge in [0.25, 0.3) is 0 Å². The maximum Gasteiger partial charge on any atom is 0.237 e. The fourth-order valence-electron chi connectivity index (χ4n) is 2.24. The number of aromatic nitrogens is 2. The number of hydrogen-bond acceptors (Lipinski definition) is 6. The molecule has 0 saturated carbocycles. The van der Waals surface area contributed by atoms with Crippen LogP contribution in [0, 0.1) is 3.95 Å². The van der Waals surface area contributed by atoms with Crippen molar-refractivity contribution in [3.05, 3.63) is 28.2 Å². The molecule has 110 valence electrons. The van der Waals surface area contributed by atoms with Crippen LogP contribution < -0.4 is 9.80 Å². The number of nitrogens with one attached hydrogen (secondary N) is 1. The largest absolute Gasteiger partial charge is 0.371 e. The zero-order valence-electron chi connectivity index (χ0n) is 11.4. The predicted molar refractivity (Wildman–Crippen MR) is 90.1 cm³/mol. The van der Waals surface area contributed by atoms with Gasteiger partial charge in [0.1, 0.15) is 0 Å². The third-order valence-electron chi connectivity index (χ3n) is 3.28. The summed E-state index contributed by atoms with van der Waals surface area (Å²) in [5.41, 5.74) is 2.07. The van der Waals surface area contributed by atoms with Crippen LogP contribution in [0.2, 0.25) is 0 Å². The summed E-state index contributed by atoms with van der Waals surface area (Å²) in [5.74, 6) is 0.468. The Morgan fingerprint density at radius 1 is 1.43 bits per heavy atom. The molecule has 1 aromatic heterocycles. The van der Waals surface area contributed by atoms with Gasteiger partial charge in [-0.1, -0.05) is 35.2 Å². The molecule has 1 aromatic carbocycles. The van der Waals surface area contributed by atoms with Crippen LogP contribution in [0.5, 0.6) is 0 Å². The van der Waals surface area contributed by atoms with Gasteiger partial charge in [-0.25, -0.2) is 0 Å². The second-order valence-electron chi connectivity index (χ2n) is 4.62. The Kier molecular flexibility index (Phi) is 4.27. The molecule has 1 aliphatic rings. The van der Waals surface area contributed by atoms with Crippen molar-refractivity contribution in [2.75, 3.05) is 35.7 Å². The Balaban J connectivity index is 1.73. The average molecular weight is 338 g/mol. The molecule has 0 spiro atoms. The van der Waals surface area contributed by atoms with Crippen LogP contribution in [-0.2, 0) is 4.79 Å². The lowest BCUT2D eigenvalue weighted by Gasteiger charge is -2.35. The molecule has 21 heavy (non-hydrogen) atoms. The first-order valence-corrected chi connectivity index (χ1v) is 8.65. The summed E-state index contributed by atoms with van der Waals surface area (Å²) in [7, 11) is 2.05. The van der Waals surface area contributed by atoms with E-state index in [2.05, 4.69) is 15.1 Å². The second-order valence-corrected chi connectivity index (χ2v) is 7.51. The van der Waals surface area contributed by atoms with Gasteiger partial charge >= 0.3 is 0 Å². The van der Waals surface area contributed by atoms with Crippen molar-refractivity contribution in [1.29, 1.82) is 0 Å². The fourth-order valence-corrected chi connectivity index (χ4v) is 4.20. The number of rotatable bonds is 3. The highest BCUT2D eigenvalue weighted by Crippen LogP contribution is 2.32. The Morgan fingerprint density at radius 2 is 2.19 bits per heavy atom. The minimum absolute atomic E-state index is 0.0988. The van der Waals surface area contributed by atoms with Gasteiger partial charge in [0, 0.05) is 20.1 Å². The van der Waals surface area contributed by atoms with Gasteiger partial charge < -0.3 is 9.80 Å². The second kappa shape index (κ2) is 6.17. The molecule has 5 nitrogen and oxygen atoms in total. The summed E-state index contributed by atoms with van der Waals surface area (Å²) in [4.78, 5) is 16.5. The summed E-state index contributed by atoms with van der Waals surface area (Å²) in [6.45, 7) is 1.55. The molecular formula is C13H14N4OS3. The van der Waals surface area contributed by atoms with E-state index in [1.165, 1.54) is 23.1 Å². The van der Waals surface area contributed by atoms with Gasteiger partial charge in [-0.3, -0.25) is 9.89 Å². The molecule has 0 saturated heterocycles. The molecule has 2 heterocycles. The number of fused-ring (bicyclic) bond motifs is 1. The lowest BCUT2D eigenvalue weighted by atomic mass is 10.2. The van der Waals surface area contributed by atoms with E-state index in [0.29, 0.717) is 16.3 Å². The SMILES string of the molecule is CN1CCN(C(=O)CSc2n[nH]c(=S)s2)c2ccccc21. The summed E-state index contributed by atoms with van der Waals surface area (Å²) < 4.78 is 1.44. The quantitative estimate of drug-likeness (QED) is 0.689. The van der Waals surface area contributed by atoms with Crippen LogP contribution >= 0.6 is 35.3 Å². The van der Waals surface area contributed by atoms with E-state index in [0.717, 1.165) is 22.3 Å². The zero-order chi connectivity index (χ0) is 14.8. The highest BCUT2D eigenvalue weighted by atomic mass is 32.2. The van der Waals surface area contributed by atoms with Crippen LogP contribution in [0.25, 0.3) is 0 Å². The highest BCUT2D eigenvalue weighted by molar-refractivity contribution is 8.01. The average Bonchev–Trinajstić information content (AvgIpc) is 2.91. The number of aromatic amines is 1. The van der Waals surface area contributed by atoms with Crippen LogP contribution in [0.15, 0.2) is 28.6 Å². The number of nitrogens with zero attached hydrogens (tertiary/aromatic N) is 3. The van der Waals surface area contributed by atoms with E-state index in [-0.39, 0.29) is 5.91 Å². The van der Waals surface area contributed by atoms with Crippen LogP contribution in [0.3, 0.4) is 0 Å². The normalized spacial score (nSPS) is 14.1. The number of carbonyl (C=O) groups is 1. The van der Waals surface area contributed by atoms with E-state index in [1.807, 2.05) is 36.2 Å². The number of anilines is 2. The van der Waals surface area contributed by atoms with Crippen molar-refractivity contribution in [3.8, 4) is 0 Å². The Labute approximate surface area is 136 Å². The molecule has 0 bridgehead atoms. The number of H-pyrrole nitrogens is 1. The number of benzene rings is 1. The van der Waals surface area contributed by atoms with Crippen LogP contribution in [0.1, 0.15) is 0 Å². The lowest BCUT2D eigenvalue weighted by molar-refractivity contribution is -0.116. The standard InChI is InChI=1S/C13H14N4OS3/c1-16-6-7-17(10-5-3-2-4-9(10)16)11(18)8-20-13-15-14-12(19)21-13/h2-5H,6-8H2,1H3,(H,14,19). The molecule has 1 N–H and O–H groups in total. The molecule has 3 rings (SSSR count). The molecule has 0 aliphatic carbocycles. The first-order valence-electron chi connectivity index (χ1n) is 6.44. The number of para-hydroxylation sites is 2. The molecule has 1 aliphatic heterocycles. The first kappa shape index (κ1) is 14.6. The Hall–Kier alpha value is -1.38. The van der Waals surface area contributed by atoms with Crippen LogP contribution in [-0.4, -0.2) is 42.0 Å². The number of likely N-dealkylation sites (N-methyl/N-ethyl adjacent to an activating group) is 1. The predicted octanol–water partition coefficient (Wildman–Crippen LogP) is 2.78. The maximum atomic E-state index is 12.5. The molecule has 0 fully saturated rings. The van der Waals surface area contributed by atoms with Gasteiger partial charge in [-0.15, -0.1) is 0 Å². The Bertz CT molecular complexity index is 711. The first-order chi connectivity index (χ1) is 10.1. The minimum Gasteiger partial charge on any atom is -0.371 e. The maximum absolute atomic E-state index is 12.5. The van der Waals surface area contributed by atoms with E-state index >= 15 is 0 Å². The van der Waals surface area contributed by atoms with Crippen molar-refractivity contribution in [3.63, 3.8) is 0 Å². The van der Waals surface area contributed by atoms with Gasteiger partial charge in [0.05, 0.1) is 17.1 Å². The van der Waals surface area contributed by atoms with Gasteiger partial charge in [-0.2, -0.15) is 5.10 Å². The highest BCUT2D eigenvalue weighted by Gasteiger charge is 2.24. The van der Waals surface area contributed by atoms with Gasteiger partial charge in [0.2, 0.25) is 5.91 Å². The number of carbonyl (C=O) groups excluding carboxylic acids is 1. The topological polar surface area (TPSA) is 52.2 Å². The van der Waals surface area contributed by atoms with Gasteiger partial charge in [-0.05, 0) is 24.4 Å². The van der Waals surface area contributed by atoms with E-state index in [9.17, 15) is 4.79 Å². The van der Waals surface area contributed by atoms with E-state index in [4.69, 9.17) is 12.2 Å². The monoisotopic (exact) mass is 338 g/mol. The third kappa shape index (κ3) is 3.12. The van der Waals surface area contributed by atoms with Crippen molar-refractivity contribution in [1.82, 2.24) is 10.2 Å². The molecular weight excluding hydrogens is 324 g/mol. The number of amides is 1. The minimum atomic E-state index is 0.0988. The number of hydrogen-bond donors (Lipinski definition) is 1. The summed E-state index contributed by atoms with van der Waals surface area (Å²) in [5, 5.41) is 6.79. The van der Waals surface area contributed by atoms with E-state index < -0.39 is 0 Å². The lowest BCUT2D eigenvalue weighted by Crippen LogP contribution is -2.43. The molecule has 0 atom stereocenters.